The minimum Gasteiger partial charge on any atom is -0.492 e. The molecule has 4 heteroatoms. The average Bonchev–Trinajstić information content (AvgIpc) is 2.83. The van der Waals surface area contributed by atoms with Crippen molar-refractivity contribution in [1.29, 1.82) is 0 Å². The van der Waals surface area contributed by atoms with Crippen LogP contribution in [0.4, 0.5) is 4.39 Å². The molecule has 0 radical (unpaired) electrons. The Morgan fingerprint density at radius 2 is 2.00 bits per heavy atom. The van der Waals surface area contributed by atoms with Crippen LogP contribution in [0.1, 0.15) is 22.6 Å². The van der Waals surface area contributed by atoms with Crippen LogP contribution in [0, 0.1) is 5.82 Å². The van der Waals surface area contributed by atoms with Crippen molar-refractivity contribution in [1.82, 2.24) is 0 Å². The van der Waals surface area contributed by atoms with E-state index in [1.807, 2.05) is 18.2 Å². The Labute approximate surface area is 110 Å². The highest BCUT2D eigenvalue weighted by molar-refractivity contribution is 5.80. The number of hydrogen-bond donors (Lipinski definition) is 1. The number of fused-ring (bicyclic) bond motifs is 1. The maximum Gasteiger partial charge on any atom is 0.123 e. The fourth-order valence-corrected chi connectivity index (χ4v) is 2.34. The van der Waals surface area contributed by atoms with E-state index in [1.165, 1.54) is 18.3 Å². The Bertz CT molecular complexity index is 623. The molecule has 1 aliphatic rings. The Morgan fingerprint density at radius 3 is 2.74 bits per heavy atom. The van der Waals surface area contributed by atoms with Gasteiger partial charge in [0.1, 0.15) is 11.6 Å². The summed E-state index contributed by atoms with van der Waals surface area (Å²) in [4.78, 5) is 0. The first kappa shape index (κ1) is 11.7. The van der Waals surface area contributed by atoms with E-state index in [1.54, 1.807) is 12.1 Å². The molecule has 3 rings (SSSR count). The van der Waals surface area contributed by atoms with Gasteiger partial charge >= 0.3 is 0 Å². The van der Waals surface area contributed by atoms with Crippen LogP contribution in [0.5, 0.6) is 5.75 Å². The van der Waals surface area contributed by atoms with Crippen LogP contribution in [0.2, 0.25) is 0 Å². The first-order valence-corrected chi connectivity index (χ1v) is 5.97. The van der Waals surface area contributed by atoms with Gasteiger partial charge < -0.3 is 9.94 Å². The number of oxime groups is 1. The Morgan fingerprint density at radius 1 is 1.21 bits per heavy atom. The lowest BCUT2D eigenvalue weighted by atomic mass is 9.93. The molecule has 96 valence electrons. The molecule has 1 heterocycles. The Hall–Kier alpha value is -2.36. The predicted octanol–water partition coefficient (Wildman–Crippen LogP) is 3.16. The zero-order valence-corrected chi connectivity index (χ0v) is 10.1. The van der Waals surface area contributed by atoms with Crippen LogP contribution >= 0.6 is 0 Å². The van der Waals surface area contributed by atoms with Crippen LogP contribution < -0.4 is 4.74 Å². The van der Waals surface area contributed by atoms with Gasteiger partial charge in [0.25, 0.3) is 0 Å². The van der Waals surface area contributed by atoms with Crippen molar-refractivity contribution in [3.05, 3.63) is 65.0 Å². The maximum absolute atomic E-state index is 12.9. The minimum atomic E-state index is -0.239. The molecule has 0 amide bonds. The van der Waals surface area contributed by atoms with Gasteiger partial charge in [-0.05, 0) is 29.3 Å². The topological polar surface area (TPSA) is 41.8 Å². The van der Waals surface area contributed by atoms with Crippen LogP contribution in [0.15, 0.2) is 47.6 Å². The molecule has 1 aliphatic heterocycles. The van der Waals surface area contributed by atoms with Crippen molar-refractivity contribution >= 4 is 6.21 Å². The average molecular weight is 257 g/mol. The zero-order chi connectivity index (χ0) is 13.2. The number of hydrogen-bond acceptors (Lipinski definition) is 3. The monoisotopic (exact) mass is 257 g/mol. The number of halogens is 1. The molecule has 1 N–H and O–H groups in total. The van der Waals surface area contributed by atoms with Gasteiger partial charge in [0.05, 0.1) is 12.8 Å². The molecule has 19 heavy (non-hydrogen) atoms. The van der Waals surface area contributed by atoms with Crippen molar-refractivity contribution < 1.29 is 14.3 Å². The normalized spacial score (nSPS) is 17.4. The molecular formula is C15H12FNO2. The first-order chi connectivity index (χ1) is 9.28. The van der Waals surface area contributed by atoms with Crippen LogP contribution in [0.3, 0.4) is 0 Å². The molecule has 0 aromatic heterocycles. The van der Waals surface area contributed by atoms with Gasteiger partial charge in [-0.2, -0.15) is 0 Å². The summed E-state index contributed by atoms with van der Waals surface area (Å²) in [6.45, 7) is 0.542. The second kappa shape index (κ2) is 4.72. The molecule has 1 atom stereocenters. The molecule has 0 saturated carbocycles. The minimum absolute atomic E-state index is 0.121. The molecule has 1 unspecified atom stereocenters. The van der Waals surface area contributed by atoms with E-state index in [0.29, 0.717) is 6.61 Å². The van der Waals surface area contributed by atoms with Gasteiger partial charge in [-0.15, -0.1) is 0 Å². The van der Waals surface area contributed by atoms with Gasteiger partial charge in [-0.1, -0.05) is 29.4 Å². The molecule has 0 spiro atoms. The highest BCUT2D eigenvalue weighted by atomic mass is 19.1. The van der Waals surface area contributed by atoms with Crippen molar-refractivity contribution in [2.75, 3.05) is 6.61 Å². The summed E-state index contributed by atoms with van der Waals surface area (Å²) in [6, 6.07) is 12.1. The van der Waals surface area contributed by atoms with E-state index in [4.69, 9.17) is 9.94 Å². The molecule has 2 aromatic rings. The van der Waals surface area contributed by atoms with Crippen molar-refractivity contribution in [3.63, 3.8) is 0 Å². The smallest absolute Gasteiger partial charge is 0.123 e. The highest BCUT2D eigenvalue weighted by Gasteiger charge is 2.25. The molecule has 0 aliphatic carbocycles. The number of nitrogens with zero attached hydrogens (tertiary/aromatic N) is 1. The third-order valence-corrected chi connectivity index (χ3v) is 3.30. The lowest BCUT2D eigenvalue weighted by Gasteiger charge is -2.09. The third kappa shape index (κ3) is 2.17. The van der Waals surface area contributed by atoms with Gasteiger partial charge in [0.2, 0.25) is 0 Å². The largest absolute Gasteiger partial charge is 0.492 e. The maximum atomic E-state index is 12.9. The summed E-state index contributed by atoms with van der Waals surface area (Å²) in [5.74, 6) is 0.667. The summed E-state index contributed by atoms with van der Waals surface area (Å²) in [5.41, 5.74) is 2.88. The molecule has 2 aromatic carbocycles. The third-order valence-electron chi connectivity index (χ3n) is 3.30. The predicted molar refractivity (Wildman–Crippen MR) is 69.6 cm³/mol. The van der Waals surface area contributed by atoms with Crippen molar-refractivity contribution in [2.24, 2.45) is 5.16 Å². The molecule has 0 fully saturated rings. The SMILES string of the molecule is O/N=C/c1ccc2c(c1)OCC2c1ccc(F)cc1. The van der Waals surface area contributed by atoms with E-state index in [-0.39, 0.29) is 11.7 Å². The van der Waals surface area contributed by atoms with Crippen molar-refractivity contribution in [2.45, 2.75) is 5.92 Å². The summed E-state index contributed by atoms with van der Waals surface area (Å²) in [6.07, 6.45) is 1.36. The lowest BCUT2D eigenvalue weighted by Crippen LogP contribution is -2.02. The molecule has 0 saturated heterocycles. The molecule has 0 bridgehead atoms. The van der Waals surface area contributed by atoms with E-state index in [9.17, 15) is 4.39 Å². The Kier molecular flexibility index (Phi) is 2.91. The fraction of sp³-hybridized carbons (Fsp3) is 0.133. The lowest BCUT2D eigenvalue weighted by molar-refractivity contribution is 0.322. The van der Waals surface area contributed by atoms with Crippen LogP contribution in [-0.4, -0.2) is 18.0 Å². The second-order valence-electron chi connectivity index (χ2n) is 4.46. The second-order valence-corrected chi connectivity index (χ2v) is 4.46. The van der Waals surface area contributed by atoms with E-state index in [0.717, 1.165) is 22.4 Å². The fourth-order valence-electron chi connectivity index (χ4n) is 2.34. The van der Waals surface area contributed by atoms with E-state index >= 15 is 0 Å². The molecular weight excluding hydrogens is 245 g/mol. The summed E-state index contributed by atoms with van der Waals surface area (Å²) < 4.78 is 18.6. The summed E-state index contributed by atoms with van der Waals surface area (Å²) in [7, 11) is 0. The number of ether oxygens (including phenoxy) is 1. The van der Waals surface area contributed by atoms with Gasteiger partial charge in [0.15, 0.2) is 0 Å². The van der Waals surface area contributed by atoms with Crippen molar-refractivity contribution in [3.8, 4) is 5.75 Å². The molecule has 3 nitrogen and oxygen atoms in total. The number of rotatable bonds is 2. The van der Waals surface area contributed by atoms with Crippen LogP contribution in [-0.2, 0) is 0 Å². The van der Waals surface area contributed by atoms with E-state index < -0.39 is 0 Å². The first-order valence-electron chi connectivity index (χ1n) is 5.97. The van der Waals surface area contributed by atoms with Gasteiger partial charge in [-0.3, -0.25) is 0 Å². The standard InChI is InChI=1S/C15H12FNO2/c16-12-4-2-11(3-5-12)14-9-19-15-7-10(8-17-18)1-6-13(14)15/h1-8,14,18H,9H2/b17-8+. The van der Waals surface area contributed by atoms with Crippen LogP contribution in [0.25, 0.3) is 0 Å². The van der Waals surface area contributed by atoms with Gasteiger partial charge in [-0.25, -0.2) is 4.39 Å². The highest BCUT2D eigenvalue weighted by Crippen LogP contribution is 2.38. The summed E-state index contributed by atoms with van der Waals surface area (Å²) >= 11 is 0. The van der Waals surface area contributed by atoms with E-state index in [2.05, 4.69) is 5.16 Å². The zero-order valence-electron chi connectivity index (χ0n) is 10.1. The van der Waals surface area contributed by atoms with Gasteiger partial charge in [0, 0.05) is 11.5 Å². The number of benzene rings is 2. The quantitative estimate of drug-likeness (QED) is 0.510. The summed E-state index contributed by atoms with van der Waals surface area (Å²) in [5, 5.41) is 11.5. The Balaban J connectivity index is 1.96.